The fourth-order valence-electron chi connectivity index (χ4n) is 4.21. The molecule has 0 atom stereocenters. The molecule has 194 valence electrons. The molecule has 0 amide bonds. The number of carbonyl (C=O) groups excluding carboxylic acids is 1. The number of hydrogen-bond acceptors (Lipinski definition) is 8. The minimum absolute atomic E-state index is 0.159. The largest absolute Gasteiger partial charge is 0.497 e. The van der Waals surface area contributed by atoms with Gasteiger partial charge in [0.1, 0.15) is 11.5 Å². The Morgan fingerprint density at radius 2 is 1.65 bits per heavy atom. The molecule has 0 N–H and O–H groups in total. The highest BCUT2D eigenvalue weighted by Gasteiger charge is 2.15. The number of hydrogen-bond donors (Lipinski definition) is 0. The van der Waals surface area contributed by atoms with E-state index in [1.165, 1.54) is 7.11 Å². The third-order valence-electron chi connectivity index (χ3n) is 6.23. The highest BCUT2D eigenvalue weighted by molar-refractivity contribution is 5.82. The minimum atomic E-state index is -0.159. The van der Waals surface area contributed by atoms with Gasteiger partial charge >= 0.3 is 5.97 Å². The quantitative estimate of drug-likeness (QED) is 0.190. The maximum absolute atomic E-state index is 11.4. The van der Waals surface area contributed by atoms with Crippen molar-refractivity contribution in [3.05, 3.63) is 55.0 Å². The van der Waals surface area contributed by atoms with Crippen molar-refractivity contribution in [2.45, 2.75) is 32.1 Å². The molecule has 0 spiro atoms. The minimum Gasteiger partial charge on any atom is -0.497 e. The van der Waals surface area contributed by atoms with Crippen LogP contribution in [0.3, 0.4) is 0 Å². The van der Waals surface area contributed by atoms with Gasteiger partial charge in [0, 0.05) is 61.3 Å². The third-order valence-corrected chi connectivity index (χ3v) is 6.23. The van der Waals surface area contributed by atoms with Crippen LogP contribution in [0.25, 0.3) is 22.3 Å². The van der Waals surface area contributed by atoms with E-state index in [1.54, 1.807) is 31.3 Å². The number of anilines is 2. The number of carbonyl (C=O) groups is 1. The Kier molecular flexibility index (Phi) is 8.56. The lowest BCUT2D eigenvalue weighted by molar-refractivity contribution is -0.140. The summed E-state index contributed by atoms with van der Waals surface area (Å²) in [6, 6.07) is 12.0. The molecule has 0 aliphatic rings. The average Bonchev–Trinajstić information content (AvgIpc) is 3.37. The summed E-state index contributed by atoms with van der Waals surface area (Å²) in [4.78, 5) is 23.1. The van der Waals surface area contributed by atoms with Crippen molar-refractivity contribution in [2.24, 2.45) is 7.05 Å². The molecule has 0 aliphatic heterocycles. The van der Waals surface area contributed by atoms with Crippen LogP contribution in [0.1, 0.15) is 32.1 Å². The average molecular weight is 504 g/mol. The Labute approximate surface area is 217 Å². The number of aryl methyl sites for hydroxylation is 1. The van der Waals surface area contributed by atoms with Crippen LogP contribution in [0, 0.1) is 0 Å². The van der Waals surface area contributed by atoms with Gasteiger partial charge in [0.15, 0.2) is 0 Å². The van der Waals surface area contributed by atoms with Gasteiger partial charge in [0.25, 0.3) is 0 Å². The molecule has 4 rings (SSSR count). The molecule has 2 aromatic carbocycles. The smallest absolute Gasteiger partial charge is 0.305 e. The topological polar surface area (TPSA) is 91.6 Å². The van der Waals surface area contributed by atoms with Crippen molar-refractivity contribution in [1.29, 1.82) is 0 Å². The number of esters is 1. The summed E-state index contributed by atoms with van der Waals surface area (Å²) in [5.74, 6) is 1.28. The zero-order valence-electron chi connectivity index (χ0n) is 21.8. The Balaban J connectivity index is 1.62. The first kappa shape index (κ1) is 25.9. The standard InChI is InChI=1S/C28H33N5O4/c1-32-19-20(17-30-32)27-18-29-25-11-10-21(15-26(25)31-27)33(12-8-6-5-7-9-28(34)37-4)22-13-23(35-2)16-24(14-22)36-3/h10-11,13-19H,5-9,12H2,1-4H3. The Bertz CT molecular complexity index is 1330. The third kappa shape index (κ3) is 6.55. The summed E-state index contributed by atoms with van der Waals surface area (Å²) in [6.07, 6.45) is 9.66. The molecule has 0 unspecified atom stereocenters. The van der Waals surface area contributed by atoms with Crippen LogP contribution in [0.2, 0.25) is 0 Å². The molecule has 0 radical (unpaired) electrons. The van der Waals surface area contributed by atoms with Gasteiger partial charge in [-0.05, 0) is 31.0 Å². The van der Waals surface area contributed by atoms with Gasteiger partial charge in [0.05, 0.1) is 50.5 Å². The summed E-state index contributed by atoms with van der Waals surface area (Å²) >= 11 is 0. The van der Waals surface area contributed by atoms with E-state index in [1.807, 2.05) is 37.5 Å². The number of methoxy groups -OCH3 is 3. The monoisotopic (exact) mass is 503 g/mol. The SMILES string of the molecule is COC(=O)CCCCCCN(c1cc(OC)cc(OC)c1)c1ccc2ncc(-c3cnn(C)c3)nc2c1. The van der Waals surface area contributed by atoms with Crippen LogP contribution in [0.5, 0.6) is 11.5 Å². The number of aromatic nitrogens is 4. The summed E-state index contributed by atoms with van der Waals surface area (Å²) in [6.45, 7) is 0.774. The first-order chi connectivity index (χ1) is 18.0. The predicted octanol–water partition coefficient (Wildman–Crippen LogP) is 5.31. The van der Waals surface area contributed by atoms with E-state index < -0.39 is 0 Å². The highest BCUT2D eigenvalue weighted by atomic mass is 16.5. The van der Waals surface area contributed by atoms with Crippen LogP contribution in [0.15, 0.2) is 55.0 Å². The normalized spacial score (nSPS) is 10.9. The second-order valence-electron chi connectivity index (χ2n) is 8.79. The van der Waals surface area contributed by atoms with Gasteiger partial charge in [-0.1, -0.05) is 12.8 Å². The Morgan fingerprint density at radius 3 is 2.32 bits per heavy atom. The van der Waals surface area contributed by atoms with Crippen LogP contribution in [0.4, 0.5) is 11.4 Å². The molecule has 0 aliphatic carbocycles. The van der Waals surface area contributed by atoms with Crippen molar-refractivity contribution >= 4 is 28.4 Å². The van der Waals surface area contributed by atoms with E-state index in [0.29, 0.717) is 6.42 Å². The summed E-state index contributed by atoms with van der Waals surface area (Å²) < 4.78 is 17.6. The lowest BCUT2D eigenvalue weighted by Crippen LogP contribution is -2.18. The zero-order valence-corrected chi connectivity index (χ0v) is 21.8. The first-order valence-electron chi connectivity index (χ1n) is 12.3. The molecule has 9 nitrogen and oxygen atoms in total. The van der Waals surface area contributed by atoms with Crippen molar-refractivity contribution in [3.63, 3.8) is 0 Å². The molecule has 0 saturated carbocycles. The molecule has 0 bridgehead atoms. The number of fused-ring (bicyclic) bond motifs is 1. The maximum Gasteiger partial charge on any atom is 0.305 e. The molecular formula is C28H33N5O4. The van der Waals surface area contributed by atoms with E-state index in [0.717, 1.165) is 77.4 Å². The van der Waals surface area contributed by atoms with E-state index >= 15 is 0 Å². The number of rotatable bonds is 12. The molecule has 4 aromatic rings. The Hall–Kier alpha value is -4.14. The lowest BCUT2D eigenvalue weighted by atomic mass is 10.1. The highest BCUT2D eigenvalue weighted by Crippen LogP contribution is 2.34. The molecule has 2 heterocycles. The number of ether oxygens (including phenoxy) is 3. The summed E-state index contributed by atoms with van der Waals surface area (Å²) in [7, 11) is 6.60. The fourth-order valence-corrected chi connectivity index (χ4v) is 4.21. The van der Waals surface area contributed by atoms with Crippen molar-refractivity contribution in [1.82, 2.24) is 19.7 Å². The van der Waals surface area contributed by atoms with Crippen LogP contribution in [-0.4, -0.2) is 53.6 Å². The molecular weight excluding hydrogens is 470 g/mol. The van der Waals surface area contributed by atoms with Gasteiger partial charge in [0.2, 0.25) is 0 Å². The molecule has 9 heteroatoms. The summed E-state index contributed by atoms with van der Waals surface area (Å²) in [5, 5.41) is 4.25. The predicted molar refractivity (Wildman–Crippen MR) is 143 cm³/mol. The van der Waals surface area contributed by atoms with Crippen LogP contribution in [-0.2, 0) is 16.6 Å². The van der Waals surface area contributed by atoms with Gasteiger partial charge in [-0.3, -0.25) is 14.5 Å². The Morgan fingerprint density at radius 1 is 0.892 bits per heavy atom. The molecule has 0 fully saturated rings. The van der Waals surface area contributed by atoms with Crippen molar-refractivity contribution < 1.29 is 19.0 Å². The van der Waals surface area contributed by atoms with Crippen molar-refractivity contribution in [3.8, 4) is 22.8 Å². The van der Waals surface area contributed by atoms with E-state index in [4.69, 9.17) is 19.2 Å². The first-order valence-corrected chi connectivity index (χ1v) is 12.3. The molecule has 37 heavy (non-hydrogen) atoms. The maximum atomic E-state index is 11.4. The second kappa shape index (κ2) is 12.2. The lowest BCUT2D eigenvalue weighted by Gasteiger charge is -2.26. The van der Waals surface area contributed by atoms with Gasteiger partial charge < -0.3 is 19.1 Å². The van der Waals surface area contributed by atoms with Gasteiger partial charge in [-0.25, -0.2) is 4.98 Å². The van der Waals surface area contributed by atoms with E-state index in [2.05, 4.69) is 27.1 Å². The van der Waals surface area contributed by atoms with E-state index in [9.17, 15) is 4.79 Å². The van der Waals surface area contributed by atoms with Crippen LogP contribution < -0.4 is 14.4 Å². The van der Waals surface area contributed by atoms with E-state index in [-0.39, 0.29) is 5.97 Å². The second-order valence-corrected chi connectivity index (χ2v) is 8.79. The zero-order chi connectivity index (χ0) is 26.2. The number of unbranched alkanes of at least 4 members (excludes halogenated alkanes) is 3. The van der Waals surface area contributed by atoms with Crippen LogP contribution >= 0.6 is 0 Å². The van der Waals surface area contributed by atoms with Crippen molar-refractivity contribution in [2.75, 3.05) is 32.8 Å². The molecule has 2 aromatic heterocycles. The number of benzene rings is 2. The van der Waals surface area contributed by atoms with Gasteiger partial charge in [-0.15, -0.1) is 0 Å². The summed E-state index contributed by atoms with van der Waals surface area (Å²) in [5.41, 5.74) is 5.28. The fraction of sp³-hybridized carbons (Fsp3) is 0.357. The molecule has 0 saturated heterocycles. The number of nitrogens with zero attached hydrogens (tertiary/aromatic N) is 5. The van der Waals surface area contributed by atoms with Gasteiger partial charge in [-0.2, -0.15) is 5.10 Å².